The molecule has 1 saturated heterocycles. The van der Waals surface area contributed by atoms with Gasteiger partial charge in [-0.05, 0) is 36.0 Å². The van der Waals surface area contributed by atoms with Gasteiger partial charge in [-0.1, -0.05) is 36.4 Å². The standard InChI is InChI=1S/C21H15FN2O4S/c22-15-7-3-1-5-13(15)12-18-20(26)24(21(27)29-18)10-9-23-19(25)17-11-14-6-2-4-8-16(14)28-17/h1-8,11-12H,9-10H2,(H,23,25)/b18-12-. The molecular weight excluding hydrogens is 395 g/mol. The number of para-hydroxylation sites is 1. The zero-order valence-corrected chi connectivity index (χ0v) is 15.9. The van der Waals surface area contributed by atoms with Crippen molar-refractivity contribution in [2.45, 2.75) is 0 Å². The van der Waals surface area contributed by atoms with E-state index in [-0.39, 0.29) is 29.3 Å². The third-order valence-electron chi connectivity index (χ3n) is 4.34. The molecule has 4 rings (SSSR count). The van der Waals surface area contributed by atoms with Crippen molar-refractivity contribution in [3.63, 3.8) is 0 Å². The molecule has 1 aromatic heterocycles. The molecule has 0 bridgehead atoms. The van der Waals surface area contributed by atoms with Crippen molar-refractivity contribution < 1.29 is 23.2 Å². The van der Waals surface area contributed by atoms with Gasteiger partial charge in [0.2, 0.25) is 0 Å². The Labute approximate surface area is 169 Å². The summed E-state index contributed by atoms with van der Waals surface area (Å²) in [6, 6.07) is 14.9. The molecule has 0 unspecified atom stereocenters. The number of rotatable bonds is 5. The highest BCUT2D eigenvalue weighted by Gasteiger charge is 2.34. The Morgan fingerprint density at radius 1 is 1.14 bits per heavy atom. The molecule has 1 N–H and O–H groups in total. The highest BCUT2D eigenvalue weighted by atomic mass is 32.2. The first kappa shape index (κ1) is 18.9. The SMILES string of the molecule is O=C(NCCN1C(=O)S/C(=C\c2ccccc2F)C1=O)c1cc2ccccc2o1. The van der Waals surface area contributed by atoms with Gasteiger partial charge in [0.05, 0.1) is 4.91 Å². The predicted octanol–water partition coefficient (Wildman–Crippen LogP) is 4.04. The normalized spacial score (nSPS) is 15.5. The van der Waals surface area contributed by atoms with Crippen LogP contribution in [-0.2, 0) is 4.79 Å². The zero-order valence-electron chi connectivity index (χ0n) is 15.1. The number of amides is 3. The highest BCUT2D eigenvalue weighted by molar-refractivity contribution is 8.18. The molecule has 1 fully saturated rings. The van der Waals surface area contributed by atoms with Gasteiger partial charge in [-0.25, -0.2) is 4.39 Å². The van der Waals surface area contributed by atoms with E-state index in [9.17, 15) is 18.8 Å². The van der Waals surface area contributed by atoms with Gasteiger partial charge in [-0.15, -0.1) is 0 Å². The maximum absolute atomic E-state index is 13.8. The van der Waals surface area contributed by atoms with Crippen molar-refractivity contribution in [3.8, 4) is 0 Å². The molecule has 1 aliphatic heterocycles. The van der Waals surface area contributed by atoms with Crippen LogP contribution in [0, 0.1) is 5.82 Å². The van der Waals surface area contributed by atoms with Crippen LogP contribution in [0.4, 0.5) is 9.18 Å². The minimum atomic E-state index is -0.513. The van der Waals surface area contributed by atoms with Crippen LogP contribution >= 0.6 is 11.8 Å². The van der Waals surface area contributed by atoms with E-state index in [0.717, 1.165) is 22.0 Å². The number of carbonyl (C=O) groups is 3. The third kappa shape index (κ3) is 3.93. The molecule has 146 valence electrons. The summed E-state index contributed by atoms with van der Waals surface area (Å²) in [7, 11) is 0. The molecule has 2 aromatic carbocycles. The van der Waals surface area contributed by atoms with Gasteiger partial charge in [-0.2, -0.15) is 0 Å². The average molecular weight is 410 g/mol. The number of nitrogens with one attached hydrogen (secondary N) is 1. The molecule has 0 spiro atoms. The fourth-order valence-corrected chi connectivity index (χ4v) is 3.74. The Kier molecular flexibility index (Phi) is 5.18. The number of fused-ring (bicyclic) bond motifs is 1. The van der Waals surface area contributed by atoms with Crippen LogP contribution in [0.3, 0.4) is 0 Å². The molecule has 29 heavy (non-hydrogen) atoms. The van der Waals surface area contributed by atoms with Crippen molar-refractivity contribution >= 4 is 45.9 Å². The molecule has 0 aliphatic carbocycles. The first-order chi connectivity index (χ1) is 14.0. The van der Waals surface area contributed by atoms with Crippen molar-refractivity contribution in [3.05, 3.63) is 76.6 Å². The van der Waals surface area contributed by atoms with Gasteiger partial charge < -0.3 is 9.73 Å². The summed E-state index contributed by atoms with van der Waals surface area (Å²) in [5, 5.41) is 2.98. The summed E-state index contributed by atoms with van der Waals surface area (Å²) < 4.78 is 19.3. The fourth-order valence-electron chi connectivity index (χ4n) is 2.89. The van der Waals surface area contributed by atoms with E-state index in [1.165, 1.54) is 18.2 Å². The number of imide groups is 1. The lowest BCUT2D eigenvalue weighted by Crippen LogP contribution is -2.37. The van der Waals surface area contributed by atoms with Gasteiger partial charge >= 0.3 is 0 Å². The Morgan fingerprint density at radius 3 is 2.69 bits per heavy atom. The summed E-state index contributed by atoms with van der Waals surface area (Å²) >= 11 is 0.744. The van der Waals surface area contributed by atoms with Crippen LogP contribution in [-0.4, -0.2) is 35.0 Å². The minimum absolute atomic E-state index is 0.00521. The van der Waals surface area contributed by atoms with Crippen LogP contribution in [0.2, 0.25) is 0 Å². The molecule has 2 heterocycles. The van der Waals surface area contributed by atoms with Crippen molar-refractivity contribution in [2.75, 3.05) is 13.1 Å². The van der Waals surface area contributed by atoms with Gasteiger partial charge in [0.15, 0.2) is 5.76 Å². The average Bonchev–Trinajstić information content (AvgIpc) is 3.26. The van der Waals surface area contributed by atoms with Crippen LogP contribution in [0.5, 0.6) is 0 Å². The Morgan fingerprint density at radius 2 is 1.90 bits per heavy atom. The number of benzene rings is 2. The van der Waals surface area contributed by atoms with Gasteiger partial charge in [-0.3, -0.25) is 19.3 Å². The number of thioether (sulfide) groups is 1. The second-order valence-electron chi connectivity index (χ2n) is 6.26. The Balaban J connectivity index is 1.38. The second kappa shape index (κ2) is 7.92. The number of hydrogen-bond acceptors (Lipinski definition) is 5. The molecule has 0 radical (unpaired) electrons. The number of halogens is 1. The smallest absolute Gasteiger partial charge is 0.293 e. The van der Waals surface area contributed by atoms with E-state index in [0.29, 0.717) is 5.58 Å². The Bertz CT molecular complexity index is 1120. The molecule has 3 aromatic rings. The lowest BCUT2D eigenvalue weighted by atomic mass is 10.2. The number of carbonyl (C=O) groups excluding carboxylic acids is 3. The van der Waals surface area contributed by atoms with Crippen molar-refractivity contribution in [1.29, 1.82) is 0 Å². The van der Waals surface area contributed by atoms with E-state index >= 15 is 0 Å². The maximum Gasteiger partial charge on any atom is 0.293 e. The van der Waals surface area contributed by atoms with E-state index in [1.807, 2.05) is 18.2 Å². The molecule has 3 amide bonds. The van der Waals surface area contributed by atoms with Crippen molar-refractivity contribution in [2.24, 2.45) is 0 Å². The quantitative estimate of drug-likeness (QED) is 0.642. The van der Waals surface area contributed by atoms with Crippen LogP contribution in [0.15, 0.2) is 63.9 Å². The monoisotopic (exact) mass is 410 g/mol. The summed E-state index contributed by atoms with van der Waals surface area (Å²) in [6.45, 7) is 0.0755. The van der Waals surface area contributed by atoms with E-state index in [1.54, 1.807) is 24.3 Å². The van der Waals surface area contributed by atoms with Crippen LogP contribution < -0.4 is 5.32 Å². The highest BCUT2D eigenvalue weighted by Crippen LogP contribution is 2.32. The number of hydrogen-bond donors (Lipinski definition) is 1. The predicted molar refractivity (Wildman–Crippen MR) is 108 cm³/mol. The van der Waals surface area contributed by atoms with E-state index in [2.05, 4.69) is 5.32 Å². The summed E-state index contributed by atoms with van der Waals surface area (Å²) in [6.07, 6.45) is 1.35. The lowest BCUT2D eigenvalue weighted by Gasteiger charge is -2.12. The first-order valence-electron chi connectivity index (χ1n) is 8.79. The number of furan rings is 1. The van der Waals surface area contributed by atoms with Crippen LogP contribution in [0.1, 0.15) is 16.1 Å². The molecular formula is C21H15FN2O4S. The van der Waals surface area contributed by atoms with Gasteiger partial charge in [0.1, 0.15) is 11.4 Å². The van der Waals surface area contributed by atoms with E-state index < -0.39 is 22.9 Å². The maximum atomic E-state index is 13.8. The molecule has 8 heteroatoms. The summed E-state index contributed by atoms with van der Waals surface area (Å²) in [5.41, 5.74) is 0.832. The molecule has 1 aliphatic rings. The zero-order chi connectivity index (χ0) is 20.4. The van der Waals surface area contributed by atoms with Gasteiger partial charge in [0.25, 0.3) is 17.1 Å². The Hall–Kier alpha value is -3.39. The second-order valence-corrected chi connectivity index (χ2v) is 7.25. The molecule has 0 saturated carbocycles. The minimum Gasteiger partial charge on any atom is -0.451 e. The first-order valence-corrected chi connectivity index (χ1v) is 9.61. The summed E-state index contributed by atoms with van der Waals surface area (Å²) in [4.78, 5) is 38.0. The third-order valence-corrected chi connectivity index (χ3v) is 5.24. The topological polar surface area (TPSA) is 79.6 Å². The number of nitrogens with zero attached hydrogens (tertiary/aromatic N) is 1. The lowest BCUT2D eigenvalue weighted by molar-refractivity contribution is -0.122. The molecule has 6 nitrogen and oxygen atoms in total. The van der Waals surface area contributed by atoms with Gasteiger partial charge in [0, 0.05) is 24.0 Å². The fraction of sp³-hybridized carbons (Fsp3) is 0.0952. The van der Waals surface area contributed by atoms with Crippen LogP contribution in [0.25, 0.3) is 17.0 Å². The van der Waals surface area contributed by atoms with Crippen molar-refractivity contribution in [1.82, 2.24) is 10.2 Å². The molecule has 0 atom stereocenters. The summed E-state index contributed by atoms with van der Waals surface area (Å²) in [5.74, 6) is -1.27. The van der Waals surface area contributed by atoms with E-state index in [4.69, 9.17) is 4.42 Å². The largest absolute Gasteiger partial charge is 0.451 e.